The minimum atomic E-state index is -0.355. The van der Waals surface area contributed by atoms with E-state index in [2.05, 4.69) is 20.2 Å². The Labute approximate surface area is 191 Å². The molecule has 9 heteroatoms. The van der Waals surface area contributed by atoms with Gasteiger partial charge >= 0.3 is 0 Å². The Bertz CT molecular complexity index is 1160. The average molecular weight is 454 g/mol. The van der Waals surface area contributed by atoms with E-state index in [1.807, 2.05) is 30.3 Å². The number of anilines is 3. The zero-order valence-corrected chi connectivity index (χ0v) is 18.5. The third-order valence-corrected chi connectivity index (χ3v) is 5.54. The number of para-hydroxylation sites is 2. The second kappa shape index (κ2) is 9.74. The van der Waals surface area contributed by atoms with Crippen molar-refractivity contribution in [1.82, 2.24) is 9.78 Å². The molecule has 166 valence electrons. The lowest BCUT2D eigenvalue weighted by molar-refractivity contribution is -0.117. The van der Waals surface area contributed by atoms with Crippen molar-refractivity contribution in [3.8, 4) is 5.75 Å². The summed E-state index contributed by atoms with van der Waals surface area (Å²) in [6.45, 7) is 2.90. The fourth-order valence-corrected chi connectivity index (χ4v) is 3.84. The van der Waals surface area contributed by atoms with Gasteiger partial charge in [0.25, 0.3) is 5.56 Å². The van der Waals surface area contributed by atoms with Gasteiger partial charge in [0.2, 0.25) is 5.91 Å². The first-order chi connectivity index (χ1) is 15.5. The summed E-state index contributed by atoms with van der Waals surface area (Å²) in [7, 11) is 1.53. The summed E-state index contributed by atoms with van der Waals surface area (Å²) < 4.78 is 6.43. The molecule has 1 aromatic heterocycles. The van der Waals surface area contributed by atoms with Gasteiger partial charge in [0.1, 0.15) is 18.1 Å². The number of amides is 1. The molecule has 2 heterocycles. The predicted molar refractivity (Wildman–Crippen MR) is 126 cm³/mol. The molecule has 0 spiro atoms. The van der Waals surface area contributed by atoms with E-state index in [1.54, 1.807) is 24.3 Å². The van der Waals surface area contributed by atoms with Gasteiger partial charge in [0.15, 0.2) is 0 Å². The maximum atomic E-state index is 12.5. The summed E-state index contributed by atoms with van der Waals surface area (Å²) in [4.78, 5) is 29.2. The number of carbonyl (C=O) groups excluding carboxylic acids is 1. The standard InChI is InChI=1S/C23H24ClN5O3/c1-32-20-8-3-2-7-19(20)25-22(30)16-29-23(31)10-9-21(26-29)28-13-11-27(12-14-28)18-6-4-5-17(24)15-18/h2-10,15H,11-14,16H2,1H3,(H,25,30). The van der Waals surface area contributed by atoms with Gasteiger partial charge < -0.3 is 19.9 Å². The summed E-state index contributed by atoms with van der Waals surface area (Å²) in [6, 6.07) is 18.1. The number of ether oxygens (including phenoxy) is 1. The Morgan fingerprint density at radius 2 is 1.78 bits per heavy atom. The highest BCUT2D eigenvalue weighted by atomic mass is 35.5. The normalized spacial score (nSPS) is 13.7. The molecule has 0 aliphatic carbocycles. The van der Waals surface area contributed by atoms with Crippen molar-refractivity contribution in [1.29, 1.82) is 0 Å². The number of nitrogens with one attached hydrogen (secondary N) is 1. The van der Waals surface area contributed by atoms with Crippen LogP contribution in [0.3, 0.4) is 0 Å². The van der Waals surface area contributed by atoms with Crippen LogP contribution < -0.4 is 25.4 Å². The molecule has 0 bridgehead atoms. The zero-order chi connectivity index (χ0) is 22.5. The molecule has 1 aliphatic heterocycles. The Balaban J connectivity index is 1.42. The van der Waals surface area contributed by atoms with E-state index in [-0.39, 0.29) is 18.0 Å². The van der Waals surface area contributed by atoms with Crippen LogP contribution in [0.5, 0.6) is 5.75 Å². The molecule has 1 fully saturated rings. The first-order valence-corrected chi connectivity index (χ1v) is 10.7. The van der Waals surface area contributed by atoms with E-state index >= 15 is 0 Å². The van der Waals surface area contributed by atoms with Crippen LogP contribution >= 0.6 is 11.6 Å². The molecule has 1 saturated heterocycles. The molecule has 1 aliphatic rings. The van der Waals surface area contributed by atoms with Gasteiger partial charge in [-0.15, -0.1) is 0 Å². The van der Waals surface area contributed by atoms with Crippen molar-refractivity contribution in [3.63, 3.8) is 0 Å². The second-order valence-corrected chi connectivity index (χ2v) is 7.83. The van der Waals surface area contributed by atoms with Crippen LogP contribution in [0.1, 0.15) is 0 Å². The number of aromatic nitrogens is 2. The second-order valence-electron chi connectivity index (χ2n) is 7.39. The van der Waals surface area contributed by atoms with Crippen molar-refractivity contribution in [3.05, 3.63) is 76.0 Å². The Hall–Kier alpha value is -3.52. The average Bonchev–Trinajstić information content (AvgIpc) is 2.81. The topological polar surface area (TPSA) is 79.7 Å². The molecular formula is C23H24ClN5O3. The van der Waals surface area contributed by atoms with Crippen molar-refractivity contribution in [2.24, 2.45) is 0 Å². The van der Waals surface area contributed by atoms with Gasteiger partial charge in [0, 0.05) is 43.0 Å². The van der Waals surface area contributed by atoms with Crippen molar-refractivity contribution in [2.45, 2.75) is 6.54 Å². The fraction of sp³-hybridized carbons (Fsp3) is 0.261. The summed E-state index contributed by atoms with van der Waals surface area (Å²) in [5.41, 5.74) is 1.30. The molecule has 8 nitrogen and oxygen atoms in total. The van der Waals surface area contributed by atoms with E-state index in [4.69, 9.17) is 16.3 Å². The number of carbonyl (C=O) groups is 1. The van der Waals surface area contributed by atoms with Gasteiger partial charge in [-0.2, -0.15) is 5.10 Å². The quantitative estimate of drug-likeness (QED) is 0.618. The van der Waals surface area contributed by atoms with Crippen molar-refractivity contribution in [2.75, 3.05) is 48.4 Å². The number of piperazine rings is 1. The molecule has 0 unspecified atom stereocenters. The lowest BCUT2D eigenvalue weighted by Gasteiger charge is -2.36. The van der Waals surface area contributed by atoms with E-state index in [0.29, 0.717) is 22.3 Å². The molecule has 1 N–H and O–H groups in total. The molecule has 0 atom stereocenters. The number of hydrogen-bond acceptors (Lipinski definition) is 6. The SMILES string of the molecule is COc1ccccc1NC(=O)Cn1nc(N2CCN(c3cccc(Cl)c3)CC2)ccc1=O. The van der Waals surface area contributed by atoms with Gasteiger partial charge in [0.05, 0.1) is 12.8 Å². The highest BCUT2D eigenvalue weighted by Crippen LogP contribution is 2.23. The van der Waals surface area contributed by atoms with Crippen LogP contribution in [-0.2, 0) is 11.3 Å². The Morgan fingerprint density at radius 1 is 1.03 bits per heavy atom. The van der Waals surface area contributed by atoms with Gasteiger partial charge in [-0.3, -0.25) is 9.59 Å². The van der Waals surface area contributed by atoms with Crippen LogP contribution in [0.15, 0.2) is 65.5 Å². The smallest absolute Gasteiger partial charge is 0.267 e. The predicted octanol–water partition coefficient (Wildman–Crippen LogP) is 2.87. The minimum Gasteiger partial charge on any atom is -0.495 e. The molecular weight excluding hydrogens is 430 g/mol. The monoisotopic (exact) mass is 453 g/mol. The third-order valence-electron chi connectivity index (χ3n) is 5.30. The Kier molecular flexibility index (Phi) is 6.61. The Morgan fingerprint density at radius 3 is 2.53 bits per heavy atom. The van der Waals surface area contributed by atoms with Crippen LogP contribution in [0.4, 0.5) is 17.2 Å². The third kappa shape index (κ3) is 5.03. The maximum absolute atomic E-state index is 12.5. The van der Waals surface area contributed by atoms with Gasteiger partial charge in [-0.05, 0) is 36.4 Å². The summed E-state index contributed by atoms with van der Waals surface area (Å²) in [5.74, 6) is 0.861. The number of benzene rings is 2. The largest absolute Gasteiger partial charge is 0.495 e. The van der Waals surface area contributed by atoms with E-state index < -0.39 is 0 Å². The number of hydrogen-bond donors (Lipinski definition) is 1. The van der Waals surface area contributed by atoms with Crippen LogP contribution in [0, 0.1) is 0 Å². The zero-order valence-electron chi connectivity index (χ0n) is 17.7. The molecule has 0 saturated carbocycles. The van der Waals surface area contributed by atoms with Crippen LogP contribution in [0.25, 0.3) is 0 Å². The summed E-state index contributed by atoms with van der Waals surface area (Å²) in [5, 5.41) is 7.91. The first-order valence-electron chi connectivity index (χ1n) is 10.3. The van der Waals surface area contributed by atoms with Crippen molar-refractivity contribution >= 4 is 34.7 Å². The summed E-state index contributed by atoms with van der Waals surface area (Å²) >= 11 is 6.11. The summed E-state index contributed by atoms with van der Waals surface area (Å²) in [6.07, 6.45) is 0. The number of rotatable bonds is 6. The number of methoxy groups -OCH3 is 1. The van der Waals surface area contributed by atoms with Crippen LogP contribution in [0.2, 0.25) is 5.02 Å². The highest BCUT2D eigenvalue weighted by Gasteiger charge is 2.20. The van der Waals surface area contributed by atoms with E-state index in [1.165, 1.54) is 17.9 Å². The lowest BCUT2D eigenvalue weighted by atomic mass is 10.2. The molecule has 1 amide bonds. The fourth-order valence-electron chi connectivity index (χ4n) is 3.66. The number of halogens is 1. The highest BCUT2D eigenvalue weighted by molar-refractivity contribution is 6.30. The van der Waals surface area contributed by atoms with E-state index in [0.717, 1.165) is 31.9 Å². The number of nitrogens with zero attached hydrogens (tertiary/aromatic N) is 4. The molecule has 2 aromatic carbocycles. The van der Waals surface area contributed by atoms with Gasteiger partial charge in [-0.1, -0.05) is 29.8 Å². The van der Waals surface area contributed by atoms with Crippen LogP contribution in [-0.4, -0.2) is 49.0 Å². The van der Waals surface area contributed by atoms with Crippen molar-refractivity contribution < 1.29 is 9.53 Å². The first kappa shape index (κ1) is 21.7. The lowest BCUT2D eigenvalue weighted by Crippen LogP contribution is -2.47. The van der Waals surface area contributed by atoms with E-state index in [9.17, 15) is 9.59 Å². The minimum absolute atomic E-state index is 0.187. The van der Waals surface area contributed by atoms with Gasteiger partial charge in [-0.25, -0.2) is 4.68 Å². The maximum Gasteiger partial charge on any atom is 0.267 e. The molecule has 4 rings (SSSR count). The molecule has 0 radical (unpaired) electrons. The molecule has 3 aromatic rings. The molecule has 32 heavy (non-hydrogen) atoms.